The number of methoxy groups -OCH3 is 2. The molecule has 108 valence electrons. The highest BCUT2D eigenvalue weighted by atomic mass is 16.5. The molecular weight excluding hydrogens is 242 g/mol. The van der Waals surface area contributed by atoms with Gasteiger partial charge in [0.2, 0.25) is 0 Å². The Labute approximate surface area is 116 Å². The van der Waals surface area contributed by atoms with Crippen LogP contribution in [0.15, 0.2) is 24.3 Å². The van der Waals surface area contributed by atoms with Crippen LogP contribution in [0, 0.1) is 0 Å². The fourth-order valence-corrected chi connectivity index (χ4v) is 1.67. The minimum absolute atomic E-state index is 0.668. The van der Waals surface area contributed by atoms with Crippen LogP contribution < -0.4 is 10.1 Å². The Morgan fingerprint density at radius 1 is 0.947 bits per heavy atom. The van der Waals surface area contributed by atoms with E-state index in [2.05, 4.69) is 5.32 Å². The summed E-state index contributed by atoms with van der Waals surface area (Å²) in [4.78, 5) is 0. The van der Waals surface area contributed by atoms with E-state index in [1.54, 1.807) is 14.2 Å². The second kappa shape index (κ2) is 10.8. The molecule has 0 aliphatic rings. The fourth-order valence-electron chi connectivity index (χ4n) is 1.67. The van der Waals surface area contributed by atoms with Gasteiger partial charge in [0.25, 0.3) is 0 Å². The molecule has 0 saturated carbocycles. The first-order valence-electron chi connectivity index (χ1n) is 6.77. The van der Waals surface area contributed by atoms with Gasteiger partial charge >= 0.3 is 0 Å². The number of benzene rings is 1. The molecule has 0 unspecified atom stereocenters. The molecule has 1 aromatic rings. The third kappa shape index (κ3) is 7.82. The van der Waals surface area contributed by atoms with E-state index < -0.39 is 0 Å². The second-order valence-corrected chi connectivity index (χ2v) is 4.35. The fraction of sp³-hybridized carbons (Fsp3) is 0.600. The average molecular weight is 267 g/mol. The number of nitrogens with one attached hydrogen (secondary N) is 1. The van der Waals surface area contributed by atoms with Crippen molar-refractivity contribution in [3.8, 4) is 5.75 Å². The second-order valence-electron chi connectivity index (χ2n) is 4.35. The number of rotatable bonds is 11. The monoisotopic (exact) mass is 267 g/mol. The molecule has 0 heterocycles. The van der Waals surface area contributed by atoms with Crippen LogP contribution in [0.25, 0.3) is 0 Å². The van der Waals surface area contributed by atoms with Crippen LogP contribution in [0.2, 0.25) is 0 Å². The number of hydrogen-bond acceptors (Lipinski definition) is 4. The zero-order chi connectivity index (χ0) is 13.8. The van der Waals surface area contributed by atoms with E-state index in [0.717, 1.165) is 44.9 Å². The Hall–Kier alpha value is -1.10. The summed E-state index contributed by atoms with van der Waals surface area (Å²) in [7, 11) is 3.39. The molecule has 0 aliphatic heterocycles. The van der Waals surface area contributed by atoms with Crippen molar-refractivity contribution in [1.29, 1.82) is 0 Å². The Kier molecular flexibility index (Phi) is 9.06. The summed E-state index contributed by atoms with van der Waals surface area (Å²) < 4.78 is 15.7. The third-order valence-corrected chi connectivity index (χ3v) is 2.80. The van der Waals surface area contributed by atoms with Crippen LogP contribution in [0.3, 0.4) is 0 Å². The van der Waals surface area contributed by atoms with Gasteiger partial charge in [-0.3, -0.25) is 0 Å². The highest BCUT2D eigenvalue weighted by Gasteiger charge is 1.95. The van der Waals surface area contributed by atoms with E-state index in [1.165, 1.54) is 5.56 Å². The zero-order valence-electron chi connectivity index (χ0n) is 12.0. The van der Waals surface area contributed by atoms with Crippen molar-refractivity contribution in [3.05, 3.63) is 29.8 Å². The van der Waals surface area contributed by atoms with Gasteiger partial charge in [-0.2, -0.15) is 0 Å². The van der Waals surface area contributed by atoms with Gasteiger partial charge in [-0.1, -0.05) is 12.1 Å². The molecule has 4 heteroatoms. The lowest BCUT2D eigenvalue weighted by molar-refractivity contribution is 0.117. The van der Waals surface area contributed by atoms with Crippen LogP contribution in [0.4, 0.5) is 0 Å². The molecule has 0 bridgehead atoms. The normalized spacial score (nSPS) is 10.6. The highest BCUT2D eigenvalue weighted by molar-refractivity contribution is 5.26. The van der Waals surface area contributed by atoms with Gasteiger partial charge in [0.1, 0.15) is 5.75 Å². The van der Waals surface area contributed by atoms with Gasteiger partial charge in [0.05, 0.1) is 20.3 Å². The van der Waals surface area contributed by atoms with E-state index in [1.807, 2.05) is 24.3 Å². The predicted octanol–water partition coefficient (Wildman–Crippen LogP) is 2.23. The molecule has 0 atom stereocenters. The minimum atomic E-state index is 0.668. The molecule has 0 aromatic heterocycles. The summed E-state index contributed by atoms with van der Waals surface area (Å²) in [5.41, 5.74) is 1.18. The van der Waals surface area contributed by atoms with Gasteiger partial charge in [-0.05, 0) is 37.1 Å². The average Bonchev–Trinajstić information content (AvgIpc) is 2.46. The lowest BCUT2D eigenvalue weighted by atomic mass is 10.2. The van der Waals surface area contributed by atoms with Crippen molar-refractivity contribution in [3.63, 3.8) is 0 Å². The number of ether oxygens (including phenoxy) is 3. The van der Waals surface area contributed by atoms with Crippen molar-refractivity contribution in [2.45, 2.75) is 19.4 Å². The molecule has 0 saturated heterocycles. The summed E-state index contributed by atoms with van der Waals surface area (Å²) in [6, 6.07) is 7.98. The predicted molar refractivity (Wildman–Crippen MR) is 76.6 cm³/mol. The van der Waals surface area contributed by atoms with Crippen molar-refractivity contribution in [1.82, 2.24) is 5.32 Å². The van der Waals surface area contributed by atoms with Crippen molar-refractivity contribution < 1.29 is 14.2 Å². The smallest absolute Gasteiger partial charge is 0.118 e. The van der Waals surface area contributed by atoms with Gasteiger partial charge < -0.3 is 19.5 Å². The van der Waals surface area contributed by atoms with E-state index in [-0.39, 0.29) is 0 Å². The van der Waals surface area contributed by atoms with Crippen LogP contribution in [0.5, 0.6) is 5.75 Å². The Morgan fingerprint density at radius 2 is 1.74 bits per heavy atom. The summed E-state index contributed by atoms with van der Waals surface area (Å²) in [6.45, 7) is 4.19. The molecule has 4 nitrogen and oxygen atoms in total. The van der Waals surface area contributed by atoms with Crippen LogP contribution in [0.1, 0.15) is 18.4 Å². The van der Waals surface area contributed by atoms with Gasteiger partial charge in [-0.25, -0.2) is 0 Å². The topological polar surface area (TPSA) is 39.7 Å². The van der Waals surface area contributed by atoms with Crippen molar-refractivity contribution >= 4 is 0 Å². The molecular formula is C15H25NO3. The van der Waals surface area contributed by atoms with Gasteiger partial charge in [-0.15, -0.1) is 0 Å². The maximum Gasteiger partial charge on any atom is 0.118 e. The summed E-state index contributed by atoms with van der Waals surface area (Å²) in [5, 5.41) is 3.31. The number of unbranched alkanes of at least 4 members (excludes halogenated alkanes) is 1. The van der Waals surface area contributed by atoms with Crippen LogP contribution in [-0.2, 0) is 16.1 Å². The minimum Gasteiger partial charge on any atom is -0.497 e. The molecule has 19 heavy (non-hydrogen) atoms. The van der Waals surface area contributed by atoms with E-state index >= 15 is 0 Å². The molecule has 1 aromatic carbocycles. The SMILES string of the molecule is COCCNCCCCOCc1ccc(OC)cc1. The maximum atomic E-state index is 5.63. The van der Waals surface area contributed by atoms with Gasteiger partial charge in [0, 0.05) is 20.3 Å². The molecule has 1 rings (SSSR count). The first kappa shape index (κ1) is 16.0. The first-order valence-corrected chi connectivity index (χ1v) is 6.77. The van der Waals surface area contributed by atoms with Crippen molar-refractivity contribution in [2.75, 3.05) is 40.5 Å². The summed E-state index contributed by atoms with van der Waals surface area (Å²) in [6.07, 6.45) is 2.21. The Balaban J connectivity index is 1.95. The van der Waals surface area contributed by atoms with Gasteiger partial charge in [0.15, 0.2) is 0 Å². The standard InChI is InChI=1S/C15H25NO3/c1-17-12-10-16-9-3-4-11-19-13-14-5-7-15(18-2)8-6-14/h5-8,16H,3-4,9-13H2,1-2H3. The quantitative estimate of drug-likeness (QED) is 0.624. The van der Waals surface area contributed by atoms with Crippen LogP contribution in [-0.4, -0.2) is 40.5 Å². The lowest BCUT2D eigenvalue weighted by Crippen LogP contribution is -2.20. The maximum absolute atomic E-state index is 5.63. The van der Waals surface area contributed by atoms with Crippen molar-refractivity contribution in [2.24, 2.45) is 0 Å². The summed E-state index contributed by atoms with van der Waals surface area (Å²) >= 11 is 0. The molecule has 1 N–H and O–H groups in total. The largest absolute Gasteiger partial charge is 0.497 e. The molecule has 0 fully saturated rings. The summed E-state index contributed by atoms with van der Waals surface area (Å²) in [5.74, 6) is 0.880. The Bertz CT molecular complexity index is 314. The van der Waals surface area contributed by atoms with E-state index in [9.17, 15) is 0 Å². The zero-order valence-corrected chi connectivity index (χ0v) is 12.0. The number of hydrogen-bond donors (Lipinski definition) is 1. The van der Waals surface area contributed by atoms with E-state index in [0.29, 0.717) is 6.61 Å². The molecule has 0 aliphatic carbocycles. The molecule has 0 spiro atoms. The lowest BCUT2D eigenvalue weighted by Gasteiger charge is -2.06. The Morgan fingerprint density at radius 3 is 2.42 bits per heavy atom. The van der Waals surface area contributed by atoms with E-state index in [4.69, 9.17) is 14.2 Å². The van der Waals surface area contributed by atoms with Crippen LogP contribution >= 0.6 is 0 Å². The third-order valence-electron chi connectivity index (χ3n) is 2.80. The highest BCUT2D eigenvalue weighted by Crippen LogP contribution is 2.11. The molecule has 0 radical (unpaired) electrons. The first-order chi connectivity index (χ1) is 9.36. The molecule has 0 amide bonds.